The van der Waals surface area contributed by atoms with Gasteiger partial charge in [-0.25, -0.2) is 4.58 Å². The molecule has 48 heavy (non-hydrogen) atoms. The van der Waals surface area contributed by atoms with Crippen LogP contribution < -0.4 is 20.1 Å². The average Bonchev–Trinajstić information content (AvgIpc) is 3.31. The van der Waals surface area contributed by atoms with Crippen LogP contribution in [0.3, 0.4) is 0 Å². The summed E-state index contributed by atoms with van der Waals surface area (Å²) in [7, 11) is 0. The molecule has 3 aliphatic rings. The van der Waals surface area contributed by atoms with Gasteiger partial charge in [-0.05, 0) is 75.7 Å². The summed E-state index contributed by atoms with van der Waals surface area (Å²) in [6.07, 6.45) is 0. The highest BCUT2D eigenvalue weighted by Crippen LogP contribution is 2.42. The highest BCUT2D eigenvalue weighted by molar-refractivity contribution is 6.23. The van der Waals surface area contributed by atoms with Crippen molar-refractivity contribution in [2.45, 2.75) is 27.7 Å². The summed E-state index contributed by atoms with van der Waals surface area (Å²) in [6, 6.07) is 24.0. The lowest BCUT2D eigenvalue weighted by molar-refractivity contribution is -0.137. The van der Waals surface area contributed by atoms with Crippen molar-refractivity contribution >= 4 is 46.0 Å². The van der Waals surface area contributed by atoms with Crippen molar-refractivity contribution in [2.75, 3.05) is 42.9 Å². The van der Waals surface area contributed by atoms with E-state index in [0.717, 1.165) is 53.7 Å². The number of hydrogen-bond acceptors (Lipinski definition) is 6. The molecule has 3 amide bonds. The number of fused-ring (bicyclic) bond motifs is 3. The molecule has 3 aromatic rings. The second-order valence-electron chi connectivity index (χ2n) is 11.5. The zero-order valence-electron chi connectivity index (χ0n) is 27.4. The van der Waals surface area contributed by atoms with E-state index < -0.39 is 30.2 Å². The van der Waals surface area contributed by atoms with Gasteiger partial charge in [0.25, 0.3) is 17.7 Å². The van der Waals surface area contributed by atoms with Crippen LogP contribution in [-0.2, 0) is 4.79 Å². The number of carbonyl (C=O) groups excluding carboxylic acids is 3. The minimum atomic E-state index is -1.29. The van der Waals surface area contributed by atoms with Gasteiger partial charge < -0.3 is 19.7 Å². The summed E-state index contributed by atoms with van der Waals surface area (Å²) in [4.78, 5) is 53.6. The topological polar surface area (TPSA) is 123 Å². The van der Waals surface area contributed by atoms with E-state index >= 15 is 0 Å². The SMILES string of the molecule is CCN(CC)c1ccc2c(-c3ccccc3C(=O)Nc3ccc4c(c3)C(=O)N(CC(=O)O)C4=O)c3ccc(=[N+](CC)CC)cc-3oc2c1. The molecular formula is C38H37N4O6+. The Kier molecular flexibility index (Phi) is 8.82. The summed E-state index contributed by atoms with van der Waals surface area (Å²) < 4.78 is 8.86. The number of nitrogens with zero attached hydrogens (tertiary/aromatic N) is 3. The standard InChI is InChI=1S/C38H36N4O6/c1-5-40(6-2)24-14-17-29-32(20-24)48-33-21-25(41(7-3)8-4)15-18-30(33)35(29)26-11-9-10-12-27(26)36(45)39-23-13-16-28-31(19-23)38(47)42(37(28)46)22-34(43)44/h9-21H,5-8,22H2,1-4H3,(H-,39,43,44,45,46)/p+1. The van der Waals surface area contributed by atoms with Gasteiger partial charge in [0.1, 0.15) is 31.0 Å². The number of imide groups is 1. The van der Waals surface area contributed by atoms with Crippen LogP contribution in [0.15, 0.2) is 83.3 Å². The molecule has 10 nitrogen and oxygen atoms in total. The van der Waals surface area contributed by atoms with Crippen molar-refractivity contribution in [1.82, 2.24) is 9.48 Å². The molecule has 0 saturated heterocycles. The van der Waals surface area contributed by atoms with Gasteiger partial charge in [0, 0.05) is 58.7 Å². The second-order valence-corrected chi connectivity index (χ2v) is 11.5. The molecule has 0 unspecified atom stereocenters. The third-order valence-electron chi connectivity index (χ3n) is 8.91. The molecule has 2 N–H and O–H groups in total. The van der Waals surface area contributed by atoms with Crippen molar-refractivity contribution in [3.63, 3.8) is 0 Å². The minimum absolute atomic E-state index is 0.0435. The van der Waals surface area contributed by atoms with Gasteiger partial charge in [0.05, 0.1) is 17.2 Å². The van der Waals surface area contributed by atoms with E-state index in [9.17, 15) is 19.2 Å². The number of aliphatic carboxylic acids is 1. The molecule has 0 radical (unpaired) electrons. The Balaban J connectivity index is 1.48. The van der Waals surface area contributed by atoms with Crippen LogP contribution in [0.5, 0.6) is 0 Å². The van der Waals surface area contributed by atoms with Crippen molar-refractivity contribution in [1.29, 1.82) is 0 Å². The first-order chi connectivity index (χ1) is 23.2. The highest BCUT2D eigenvalue weighted by Gasteiger charge is 2.37. The molecular weight excluding hydrogens is 608 g/mol. The van der Waals surface area contributed by atoms with Crippen LogP contribution in [-0.4, -0.2) is 66.4 Å². The fourth-order valence-corrected chi connectivity index (χ4v) is 6.47. The first-order valence-electron chi connectivity index (χ1n) is 16.1. The normalized spacial score (nSPS) is 12.5. The van der Waals surface area contributed by atoms with Crippen LogP contribution in [0.2, 0.25) is 0 Å². The summed E-state index contributed by atoms with van der Waals surface area (Å²) in [5, 5.41) is 13.9. The number of anilines is 2. The Labute approximate surface area is 277 Å². The monoisotopic (exact) mass is 645 g/mol. The molecule has 6 rings (SSSR count). The first-order valence-corrected chi connectivity index (χ1v) is 16.1. The van der Waals surface area contributed by atoms with Gasteiger partial charge in [-0.15, -0.1) is 0 Å². The number of nitrogens with one attached hydrogen (secondary N) is 1. The molecule has 2 heterocycles. The first kappa shape index (κ1) is 32.2. The maximum atomic E-state index is 14.0. The third-order valence-corrected chi connectivity index (χ3v) is 8.91. The van der Waals surface area contributed by atoms with Gasteiger partial charge in [0.2, 0.25) is 5.36 Å². The number of benzene rings is 4. The Morgan fingerprint density at radius 2 is 1.52 bits per heavy atom. The summed E-state index contributed by atoms with van der Waals surface area (Å²) >= 11 is 0. The number of rotatable bonds is 10. The van der Waals surface area contributed by atoms with Crippen molar-refractivity contribution < 1.29 is 28.7 Å². The average molecular weight is 646 g/mol. The van der Waals surface area contributed by atoms with Gasteiger partial charge in [-0.1, -0.05) is 18.2 Å². The zero-order chi connectivity index (χ0) is 34.1. The van der Waals surface area contributed by atoms with Crippen LogP contribution in [0.25, 0.3) is 33.4 Å². The van der Waals surface area contributed by atoms with Crippen LogP contribution in [0.4, 0.5) is 11.4 Å². The highest BCUT2D eigenvalue weighted by atomic mass is 16.4. The van der Waals surface area contributed by atoms with Crippen molar-refractivity contribution in [2.24, 2.45) is 0 Å². The second kappa shape index (κ2) is 13.2. The van der Waals surface area contributed by atoms with Crippen LogP contribution in [0.1, 0.15) is 58.8 Å². The fraction of sp³-hybridized carbons (Fsp3) is 0.237. The predicted octanol–water partition coefficient (Wildman–Crippen LogP) is 5.80. The molecule has 244 valence electrons. The minimum Gasteiger partial charge on any atom is -0.480 e. The molecule has 1 aliphatic carbocycles. The number of hydrogen-bond donors (Lipinski definition) is 2. The summed E-state index contributed by atoms with van der Waals surface area (Å²) in [6.45, 7) is 11.1. The number of carboxylic acids is 1. The summed E-state index contributed by atoms with van der Waals surface area (Å²) in [5.41, 5.74) is 5.00. The van der Waals surface area contributed by atoms with Crippen molar-refractivity contribution in [3.8, 4) is 22.5 Å². The lowest BCUT2D eigenvalue weighted by atomic mass is 9.90. The van der Waals surface area contributed by atoms with E-state index in [1.807, 2.05) is 24.3 Å². The van der Waals surface area contributed by atoms with Crippen molar-refractivity contribution in [3.05, 3.63) is 101 Å². The third kappa shape index (κ3) is 5.70. The molecule has 0 bridgehead atoms. The quantitative estimate of drug-likeness (QED) is 0.112. The molecule has 0 spiro atoms. The maximum absolute atomic E-state index is 14.0. The molecule has 0 atom stereocenters. The Morgan fingerprint density at radius 3 is 2.23 bits per heavy atom. The van der Waals surface area contributed by atoms with Gasteiger partial charge >= 0.3 is 5.97 Å². The predicted molar refractivity (Wildman–Crippen MR) is 186 cm³/mol. The molecule has 10 heteroatoms. The Bertz CT molecular complexity index is 2140. The lowest BCUT2D eigenvalue weighted by Gasteiger charge is -2.22. The summed E-state index contributed by atoms with van der Waals surface area (Å²) in [5.74, 6) is -2.40. The maximum Gasteiger partial charge on any atom is 0.323 e. The Morgan fingerprint density at radius 1 is 0.812 bits per heavy atom. The molecule has 0 fully saturated rings. The number of carboxylic acid groups (broad SMARTS) is 1. The van der Waals surface area contributed by atoms with E-state index in [0.29, 0.717) is 33.1 Å². The van der Waals surface area contributed by atoms with E-state index in [2.05, 4.69) is 66.8 Å². The number of amides is 3. The van der Waals surface area contributed by atoms with Gasteiger partial charge in [0.15, 0.2) is 0 Å². The van der Waals surface area contributed by atoms with Crippen LogP contribution >= 0.6 is 0 Å². The van der Waals surface area contributed by atoms with Gasteiger partial charge in [-0.2, -0.15) is 0 Å². The fourth-order valence-electron chi connectivity index (χ4n) is 6.47. The molecule has 0 aromatic heterocycles. The smallest absolute Gasteiger partial charge is 0.323 e. The van der Waals surface area contributed by atoms with Crippen LogP contribution in [0, 0.1) is 0 Å². The van der Waals surface area contributed by atoms with E-state index in [-0.39, 0.29) is 11.1 Å². The largest absolute Gasteiger partial charge is 0.480 e. The molecule has 0 saturated carbocycles. The van der Waals surface area contributed by atoms with E-state index in [1.165, 1.54) is 18.2 Å². The zero-order valence-corrected chi connectivity index (χ0v) is 27.4. The number of carbonyl (C=O) groups is 4. The van der Waals surface area contributed by atoms with E-state index in [4.69, 9.17) is 9.52 Å². The molecule has 3 aromatic carbocycles. The Hall–Kier alpha value is -5.77. The van der Waals surface area contributed by atoms with E-state index in [1.54, 1.807) is 12.1 Å². The van der Waals surface area contributed by atoms with Gasteiger partial charge in [-0.3, -0.25) is 24.1 Å². The lowest BCUT2D eigenvalue weighted by Crippen LogP contribution is -2.34. The molecule has 2 aliphatic heterocycles.